The number of carbonyl (C=O) groups excluding carboxylic acids is 2. The Hall–Kier alpha value is -2.14. The van der Waals surface area contributed by atoms with Crippen LogP contribution < -0.4 is 0 Å². The molecule has 0 fully saturated rings. The molecule has 0 N–H and O–H groups in total. The molecule has 0 aromatic heterocycles. The van der Waals surface area contributed by atoms with Crippen molar-refractivity contribution in [2.45, 2.75) is 18.6 Å². The number of carbonyl (C=O) groups is 2. The highest BCUT2D eigenvalue weighted by Gasteiger charge is 2.57. The summed E-state index contributed by atoms with van der Waals surface area (Å²) >= 11 is 0. The largest absolute Gasteiger partial charge is 0.466 e. The molecule has 5 nitrogen and oxygen atoms in total. The minimum absolute atomic E-state index is 0.232. The van der Waals surface area contributed by atoms with Crippen molar-refractivity contribution in [3.63, 3.8) is 0 Å². The molecule has 3 rings (SSSR count). The van der Waals surface area contributed by atoms with E-state index in [2.05, 4.69) is 0 Å². The second-order valence-electron chi connectivity index (χ2n) is 4.89. The van der Waals surface area contributed by atoms with E-state index in [4.69, 9.17) is 14.2 Å². The first kappa shape index (κ1) is 12.9. The maximum Gasteiger partial charge on any atom is 0.337 e. The summed E-state index contributed by atoms with van der Waals surface area (Å²) in [4.78, 5) is 24.1. The lowest BCUT2D eigenvalue weighted by Crippen LogP contribution is -2.29. The quantitative estimate of drug-likeness (QED) is 0.767. The lowest BCUT2D eigenvalue weighted by atomic mass is 9.78. The van der Waals surface area contributed by atoms with Gasteiger partial charge in [0.25, 0.3) is 0 Å². The van der Waals surface area contributed by atoms with E-state index >= 15 is 0 Å². The first-order valence-electron chi connectivity index (χ1n) is 6.23. The van der Waals surface area contributed by atoms with E-state index in [-0.39, 0.29) is 11.1 Å². The zero-order valence-corrected chi connectivity index (χ0v) is 11.4. The third-order valence-corrected chi connectivity index (χ3v) is 3.91. The third kappa shape index (κ3) is 1.41. The van der Waals surface area contributed by atoms with Gasteiger partial charge in [-0.15, -0.1) is 0 Å². The Morgan fingerprint density at radius 2 is 1.80 bits per heavy atom. The average Bonchev–Trinajstić information content (AvgIpc) is 2.95. The normalized spacial score (nSPS) is 26.4. The van der Waals surface area contributed by atoms with Crippen LogP contribution in [0.4, 0.5) is 0 Å². The highest BCUT2D eigenvalue weighted by atomic mass is 16.6. The summed E-state index contributed by atoms with van der Waals surface area (Å²) in [6, 6.07) is 7.54. The van der Waals surface area contributed by atoms with Crippen LogP contribution >= 0.6 is 0 Å². The van der Waals surface area contributed by atoms with Crippen LogP contribution in [0, 0.1) is 0 Å². The molecule has 104 valence electrons. The summed E-state index contributed by atoms with van der Waals surface area (Å²) in [5.41, 5.74) is 1.29. The van der Waals surface area contributed by atoms with Gasteiger partial charge in [-0.1, -0.05) is 24.3 Å². The number of hydrogen-bond acceptors (Lipinski definition) is 5. The van der Waals surface area contributed by atoms with Crippen LogP contribution in [0.15, 0.2) is 35.4 Å². The van der Waals surface area contributed by atoms with Crippen LogP contribution in [-0.2, 0) is 29.4 Å². The van der Waals surface area contributed by atoms with E-state index in [1.54, 1.807) is 6.92 Å². The maximum absolute atomic E-state index is 12.1. The van der Waals surface area contributed by atoms with Gasteiger partial charge in [0.2, 0.25) is 0 Å². The fraction of sp³-hybridized carbons (Fsp3) is 0.333. The molecule has 2 atom stereocenters. The van der Waals surface area contributed by atoms with E-state index in [0.29, 0.717) is 0 Å². The van der Waals surface area contributed by atoms with Crippen molar-refractivity contribution in [3.05, 3.63) is 46.5 Å². The van der Waals surface area contributed by atoms with Gasteiger partial charge in [-0.05, 0) is 18.1 Å². The molecule has 0 saturated heterocycles. The fourth-order valence-corrected chi connectivity index (χ4v) is 3.04. The number of benzene rings is 1. The molecule has 2 bridgehead atoms. The minimum atomic E-state index is -0.960. The Labute approximate surface area is 116 Å². The lowest BCUT2D eigenvalue weighted by Gasteiger charge is -2.24. The Kier molecular flexibility index (Phi) is 2.69. The van der Waals surface area contributed by atoms with Crippen molar-refractivity contribution in [2.24, 2.45) is 0 Å². The number of fused-ring (bicyclic) bond motifs is 5. The van der Waals surface area contributed by atoms with E-state index in [1.165, 1.54) is 14.2 Å². The van der Waals surface area contributed by atoms with Crippen molar-refractivity contribution in [1.82, 2.24) is 0 Å². The molecule has 2 aliphatic rings. The van der Waals surface area contributed by atoms with Crippen LogP contribution in [-0.4, -0.2) is 26.2 Å². The Bertz CT molecular complexity index is 645. The summed E-state index contributed by atoms with van der Waals surface area (Å²) in [5, 5.41) is 0. The lowest BCUT2D eigenvalue weighted by molar-refractivity contribution is -0.139. The molecular weight excluding hydrogens is 260 g/mol. The van der Waals surface area contributed by atoms with E-state index in [1.807, 2.05) is 24.3 Å². The Morgan fingerprint density at radius 1 is 1.15 bits per heavy atom. The van der Waals surface area contributed by atoms with E-state index < -0.39 is 23.6 Å². The molecule has 2 heterocycles. The molecule has 0 radical (unpaired) electrons. The van der Waals surface area contributed by atoms with Gasteiger partial charge in [-0.3, -0.25) is 0 Å². The van der Waals surface area contributed by atoms with Crippen LogP contribution in [0.3, 0.4) is 0 Å². The summed E-state index contributed by atoms with van der Waals surface area (Å²) < 4.78 is 15.5. The van der Waals surface area contributed by atoms with Gasteiger partial charge in [0.15, 0.2) is 0 Å². The molecule has 1 aromatic carbocycles. The van der Waals surface area contributed by atoms with Crippen LogP contribution in [0.25, 0.3) is 0 Å². The predicted molar refractivity (Wildman–Crippen MR) is 68.7 cm³/mol. The van der Waals surface area contributed by atoms with Crippen molar-refractivity contribution >= 4 is 11.9 Å². The zero-order valence-electron chi connectivity index (χ0n) is 11.4. The SMILES string of the molecule is COC(=O)C1=C(C(=O)OC)[C@@]2(C)O[C@H]1c1ccccc12. The molecule has 0 unspecified atom stereocenters. The number of esters is 2. The summed E-state index contributed by atoms with van der Waals surface area (Å²) in [6.07, 6.45) is -0.572. The molecule has 0 spiro atoms. The first-order valence-corrected chi connectivity index (χ1v) is 6.23. The summed E-state index contributed by atoms with van der Waals surface area (Å²) in [6.45, 7) is 1.77. The predicted octanol–water partition coefficient (Wildman–Crippen LogP) is 1.63. The molecule has 0 aliphatic carbocycles. The highest BCUT2D eigenvalue weighted by molar-refractivity contribution is 6.04. The summed E-state index contributed by atoms with van der Waals surface area (Å²) in [5.74, 6) is -1.13. The molecule has 20 heavy (non-hydrogen) atoms. The van der Waals surface area contributed by atoms with Crippen LogP contribution in [0.5, 0.6) is 0 Å². The molecule has 5 heteroatoms. The van der Waals surface area contributed by atoms with Gasteiger partial charge in [0.05, 0.1) is 25.4 Å². The van der Waals surface area contributed by atoms with Gasteiger partial charge in [-0.2, -0.15) is 0 Å². The number of hydrogen-bond donors (Lipinski definition) is 0. The van der Waals surface area contributed by atoms with Gasteiger partial charge in [0.1, 0.15) is 11.7 Å². The van der Waals surface area contributed by atoms with Gasteiger partial charge in [0, 0.05) is 0 Å². The zero-order chi connectivity index (χ0) is 14.5. The van der Waals surface area contributed by atoms with Gasteiger partial charge in [-0.25, -0.2) is 9.59 Å². The highest BCUT2D eigenvalue weighted by Crippen LogP contribution is 2.57. The van der Waals surface area contributed by atoms with E-state index in [9.17, 15) is 9.59 Å². The van der Waals surface area contributed by atoms with Crippen LogP contribution in [0.2, 0.25) is 0 Å². The van der Waals surface area contributed by atoms with Crippen molar-refractivity contribution in [1.29, 1.82) is 0 Å². The monoisotopic (exact) mass is 274 g/mol. The van der Waals surface area contributed by atoms with Crippen molar-refractivity contribution in [3.8, 4) is 0 Å². The van der Waals surface area contributed by atoms with Gasteiger partial charge < -0.3 is 14.2 Å². The average molecular weight is 274 g/mol. The van der Waals surface area contributed by atoms with Crippen LogP contribution in [0.1, 0.15) is 24.2 Å². The fourth-order valence-electron chi connectivity index (χ4n) is 3.04. The van der Waals surface area contributed by atoms with Crippen molar-refractivity contribution < 1.29 is 23.8 Å². The van der Waals surface area contributed by atoms with Crippen molar-refractivity contribution in [2.75, 3.05) is 14.2 Å². The molecule has 1 aromatic rings. The number of ether oxygens (including phenoxy) is 3. The number of rotatable bonds is 2. The maximum atomic E-state index is 12.1. The van der Waals surface area contributed by atoms with E-state index in [0.717, 1.165) is 11.1 Å². The second-order valence-corrected chi connectivity index (χ2v) is 4.89. The topological polar surface area (TPSA) is 61.8 Å². The Balaban J connectivity index is 2.25. The number of methoxy groups -OCH3 is 2. The second kappa shape index (κ2) is 4.18. The van der Waals surface area contributed by atoms with Gasteiger partial charge >= 0.3 is 11.9 Å². The minimum Gasteiger partial charge on any atom is -0.466 e. The molecule has 0 saturated carbocycles. The summed E-state index contributed by atoms with van der Waals surface area (Å²) in [7, 11) is 2.57. The smallest absolute Gasteiger partial charge is 0.337 e. The Morgan fingerprint density at radius 3 is 2.45 bits per heavy atom. The first-order chi connectivity index (χ1) is 9.54. The standard InChI is InChI=1S/C15H14O5/c1-15-9-7-5-4-6-8(9)12(20-15)10(13(16)18-2)11(15)14(17)19-3/h4-7,12H,1-3H3/t12-,15-/m0/s1. The molecular formula is C15H14O5. The molecule has 0 amide bonds. The third-order valence-electron chi connectivity index (χ3n) is 3.91. The molecule has 2 aliphatic heterocycles.